The molecule has 2 aliphatic carbocycles. The molecule has 6 rings (SSSR count). The predicted octanol–water partition coefficient (Wildman–Crippen LogP) is 5.88. The Morgan fingerprint density at radius 3 is 1.58 bits per heavy atom. The molecule has 4 aliphatic rings. The van der Waals surface area contributed by atoms with Crippen molar-refractivity contribution >= 4 is 30.3 Å². The standard InChI is InChI=1S/C34H37N5O4/c40-39(41)32-12-6-27(7-13-32)23-29-9-11-31(34(29)38-16-20-43-21-17-38)25-36-35-24-30-10-8-28(22-26-4-2-1-3-5-26)33(30)37-14-18-42-19-15-37/h1-7,12-13,22-25H,8-11,14-21H2/b28-22+,29-23+,35-24+,36-25+. The van der Waals surface area contributed by atoms with E-state index in [2.05, 4.69) is 56.4 Å². The summed E-state index contributed by atoms with van der Waals surface area (Å²) in [6.45, 7) is 6.24. The molecule has 0 amide bonds. The highest BCUT2D eigenvalue weighted by molar-refractivity contribution is 5.86. The monoisotopic (exact) mass is 579 g/mol. The number of rotatable bonds is 8. The Morgan fingerprint density at radius 1 is 0.651 bits per heavy atom. The number of nitro groups is 1. The number of non-ortho nitro benzene ring substituents is 1. The molecule has 2 aromatic carbocycles. The van der Waals surface area contributed by atoms with Crippen LogP contribution in [0.5, 0.6) is 0 Å². The molecular formula is C34H37N5O4. The van der Waals surface area contributed by atoms with Gasteiger partial charge in [0.15, 0.2) is 0 Å². The van der Waals surface area contributed by atoms with Crippen molar-refractivity contribution in [3.8, 4) is 0 Å². The van der Waals surface area contributed by atoms with E-state index in [1.54, 1.807) is 24.3 Å². The third-order valence-corrected chi connectivity index (χ3v) is 8.28. The Balaban J connectivity index is 1.26. The van der Waals surface area contributed by atoms with Gasteiger partial charge in [-0.3, -0.25) is 10.1 Å². The molecule has 0 radical (unpaired) electrons. The SMILES string of the molecule is O=[N+]([O-])c1ccc(/C=C2\CCC(/C=N/N=C/C3=C(N4CCOCC4)C(=C/c4ccccc4)/CC3)=C2N2CCOCC2)cc1. The molecule has 0 spiro atoms. The number of hydrogen-bond acceptors (Lipinski definition) is 8. The third kappa shape index (κ3) is 7.01. The maximum atomic E-state index is 11.1. The normalized spacial score (nSPS) is 21.9. The van der Waals surface area contributed by atoms with Crippen LogP contribution in [0.4, 0.5) is 5.69 Å². The molecule has 43 heavy (non-hydrogen) atoms. The molecule has 0 saturated carbocycles. The highest BCUT2D eigenvalue weighted by atomic mass is 16.6. The van der Waals surface area contributed by atoms with Crippen LogP contribution < -0.4 is 0 Å². The van der Waals surface area contributed by atoms with Gasteiger partial charge in [-0.15, -0.1) is 0 Å². The number of morpholine rings is 2. The molecule has 2 aliphatic heterocycles. The van der Waals surface area contributed by atoms with Crippen LogP contribution in [0, 0.1) is 10.1 Å². The van der Waals surface area contributed by atoms with Gasteiger partial charge in [-0.2, -0.15) is 10.2 Å². The molecule has 0 N–H and O–H groups in total. The Bertz CT molecular complexity index is 1490. The topological polar surface area (TPSA) is 92.8 Å². The van der Waals surface area contributed by atoms with Gasteiger partial charge in [0.05, 0.1) is 43.8 Å². The molecule has 2 fully saturated rings. The zero-order valence-corrected chi connectivity index (χ0v) is 24.4. The molecule has 0 aromatic heterocycles. The van der Waals surface area contributed by atoms with Gasteiger partial charge in [-0.25, -0.2) is 0 Å². The molecule has 0 bridgehead atoms. The average molecular weight is 580 g/mol. The summed E-state index contributed by atoms with van der Waals surface area (Å²) in [5.74, 6) is 0. The largest absolute Gasteiger partial charge is 0.378 e. The van der Waals surface area contributed by atoms with E-state index < -0.39 is 0 Å². The van der Waals surface area contributed by atoms with Crippen LogP contribution in [0.1, 0.15) is 36.8 Å². The summed E-state index contributed by atoms with van der Waals surface area (Å²) in [6, 6.07) is 17.2. The lowest BCUT2D eigenvalue weighted by atomic mass is 10.1. The average Bonchev–Trinajstić information content (AvgIpc) is 3.64. The maximum Gasteiger partial charge on any atom is 0.269 e. The van der Waals surface area contributed by atoms with E-state index in [4.69, 9.17) is 9.47 Å². The van der Waals surface area contributed by atoms with Crippen LogP contribution in [0.25, 0.3) is 12.2 Å². The minimum absolute atomic E-state index is 0.0973. The molecule has 2 saturated heterocycles. The fraction of sp³-hybridized carbons (Fsp3) is 0.353. The molecule has 9 heteroatoms. The zero-order valence-electron chi connectivity index (χ0n) is 24.4. The van der Waals surface area contributed by atoms with Crippen molar-refractivity contribution < 1.29 is 14.4 Å². The second-order valence-corrected chi connectivity index (χ2v) is 11.0. The molecule has 9 nitrogen and oxygen atoms in total. The first-order valence-corrected chi connectivity index (χ1v) is 15.1. The van der Waals surface area contributed by atoms with Gasteiger partial charge < -0.3 is 19.3 Å². The fourth-order valence-electron chi connectivity index (χ4n) is 6.19. The van der Waals surface area contributed by atoms with E-state index in [0.717, 1.165) is 76.2 Å². The summed E-state index contributed by atoms with van der Waals surface area (Å²) < 4.78 is 11.3. The van der Waals surface area contributed by atoms with Crippen molar-refractivity contribution in [3.05, 3.63) is 110 Å². The molecule has 0 atom stereocenters. The summed E-state index contributed by atoms with van der Waals surface area (Å²) in [6.07, 6.45) is 11.9. The van der Waals surface area contributed by atoms with Gasteiger partial charge >= 0.3 is 0 Å². The van der Waals surface area contributed by atoms with Gasteiger partial charge in [0.2, 0.25) is 0 Å². The third-order valence-electron chi connectivity index (χ3n) is 8.28. The smallest absolute Gasteiger partial charge is 0.269 e. The molecule has 222 valence electrons. The van der Waals surface area contributed by atoms with E-state index >= 15 is 0 Å². The highest BCUT2D eigenvalue weighted by Gasteiger charge is 2.27. The van der Waals surface area contributed by atoms with Gasteiger partial charge in [-0.05, 0) is 83.4 Å². The van der Waals surface area contributed by atoms with Crippen molar-refractivity contribution in [2.75, 3.05) is 52.6 Å². The number of allylic oxidation sites excluding steroid dienone is 4. The lowest BCUT2D eigenvalue weighted by Gasteiger charge is -2.31. The summed E-state index contributed by atoms with van der Waals surface area (Å²) in [5, 5.41) is 20.2. The van der Waals surface area contributed by atoms with Crippen molar-refractivity contribution in [1.29, 1.82) is 0 Å². The quantitative estimate of drug-likeness (QED) is 0.220. The first-order valence-electron chi connectivity index (χ1n) is 15.1. The molecule has 2 aromatic rings. The number of nitrogens with zero attached hydrogens (tertiary/aromatic N) is 5. The van der Waals surface area contributed by atoms with Crippen LogP contribution in [-0.2, 0) is 9.47 Å². The first-order chi connectivity index (χ1) is 21.2. The maximum absolute atomic E-state index is 11.1. The number of hydrogen-bond donors (Lipinski definition) is 0. The number of ether oxygens (including phenoxy) is 2. The Labute approximate surface area is 252 Å². The predicted molar refractivity (Wildman–Crippen MR) is 170 cm³/mol. The van der Waals surface area contributed by atoms with E-state index in [9.17, 15) is 10.1 Å². The van der Waals surface area contributed by atoms with Crippen molar-refractivity contribution in [2.45, 2.75) is 25.7 Å². The van der Waals surface area contributed by atoms with Crippen molar-refractivity contribution in [1.82, 2.24) is 9.80 Å². The minimum atomic E-state index is -0.369. The van der Waals surface area contributed by atoms with E-state index in [-0.39, 0.29) is 10.6 Å². The van der Waals surface area contributed by atoms with Crippen LogP contribution in [-0.4, -0.2) is 79.8 Å². The van der Waals surface area contributed by atoms with Gasteiger partial charge in [0.25, 0.3) is 5.69 Å². The first kappa shape index (κ1) is 28.8. The van der Waals surface area contributed by atoms with Crippen LogP contribution in [0.2, 0.25) is 0 Å². The highest BCUT2D eigenvalue weighted by Crippen LogP contribution is 2.36. The number of nitro benzene ring substituents is 1. The van der Waals surface area contributed by atoms with Crippen LogP contribution in [0.15, 0.2) is 98.5 Å². The van der Waals surface area contributed by atoms with Crippen molar-refractivity contribution in [3.63, 3.8) is 0 Å². The van der Waals surface area contributed by atoms with Gasteiger partial charge in [-0.1, -0.05) is 30.3 Å². The summed E-state index contributed by atoms with van der Waals surface area (Å²) in [7, 11) is 0. The van der Waals surface area contributed by atoms with Crippen LogP contribution in [0.3, 0.4) is 0 Å². The Hall–Kier alpha value is -4.34. The summed E-state index contributed by atoms with van der Waals surface area (Å²) >= 11 is 0. The van der Waals surface area contributed by atoms with Gasteiger partial charge in [0, 0.05) is 49.7 Å². The summed E-state index contributed by atoms with van der Waals surface area (Å²) in [5.41, 5.74) is 9.64. The van der Waals surface area contributed by atoms with Crippen LogP contribution >= 0.6 is 0 Å². The summed E-state index contributed by atoms with van der Waals surface area (Å²) in [4.78, 5) is 15.5. The van der Waals surface area contributed by atoms with Crippen molar-refractivity contribution in [2.24, 2.45) is 10.2 Å². The lowest BCUT2D eigenvalue weighted by Crippen LogP contribution is -2.36. The van der Waals surface area contributed by atoms with E-state index in [0.29, 0.717) is 13.2 Å². The van der Waals surface area contributed by atoms with E-state index in [1.807, 2.05) is 18.5 Å². The minimum Gasteiger partial charge on any atom is -0.378 e. The lowest BCUT2D eigenvalue weighted by molar-refractivity contribution is -0.384. The second kappa shape index (κ2) is 13.8. The molecule has 0 unspecified atom stereocenters. The molecular weight excluding hydrogens is 542 g/mol. The Morgan fingerprint density at radius 2 is 1.12 bits per heavy atom. The fourth-order valence-corrected chi connectivity index (χ4v) is 6.19. The zero-order chi connectivity index (χ0) is 29.4. The van der Waals surface area contributed by atoms with E-state index in [1.165, 1.54) is 33.7 Å². The number of benzene rings is 2. The molecule has 2 heterocycles. The second-order valence-electron chi connectivity index (χ2n) is 11.0. The van der Waals surface area contributed by atoms with Gasteiger partial charge in [0.1, 0.15) is 0 Å². The Kier molecular flexibility index (Phi) is 9.20.